The van der Waals surface area contributed by atoms with Gasteiger partial charge in [-0.25, -0.2) is 4.79 Å². The van der Waals surface area contributed by atoms with Crippen LogP contribution in [0.15, 0.2) is 0 Å². The zero-order valence-electron chi connectivity index (χ0n) is 10.2. The monoisotopic (exact) mass is 245 g/mol. The molecule has 6 heteroatoms. The van der Waals surface area contributed by atoms with E-state index in [1.807, 2.05) is 6.92 Å². The van der Waals surface area contributed by atoms with Crippen LogP contribution in [0, 0.1) is 0 Å². The number of hydrogen-bond donors (Lipinski definition) is 1. The van der Waals surface area contributed by atoms with Crippen molar-refractivity contribution in [2.24, 2.45) is 0 Å². The number of carbonyl (C=O) groups is 2. The summed E-state index contributed by atoms with van der Waals surface area (Å²) in [5, 5.41) is 8.78. The Morgan fingerprint density at radius 1 is 1.41 bits per heavy atom. The van der Waals surface area contributed by atoms with Crippen molar-refractivity contribution in [1.82, 2.24) is 4.90 Å². The van der Waals surface area contributed by atoms with E-state index in [1.165, 1.54) is 0 Å². The lowest BCUT2D eigenvalue weighted by Crippen LogP contribution is -2.41. The second kappa shape index (κ2) is 6.56. The van der Waals surface area contributed by atoms with Gasteiger partial charge in [-0.15, -0.1) is 0 Å². The van der Waals surface area contributed by atoms with Gasteiger partial charge in [0.25, 0.3) is 5.91 Å². The highest BCUT2D eigenvalue weighted by atomic mass is 16.5. The molecule has 0 aliphatic carbocycles. The van der Waals surface area contributed by atoms with Crippen molar-refractivity contribution in [3.05, 3.63) is 0 Å². The van der Waals surface area contributed by atoms with Crippen molar-refractivity contribution in [1.29, 1.82) is 0 Å². The predicted molar refractivity (Wildman–Crippen MR) is 59.7 cm³/mol. The van der Waals surface area contributed by atoms with Crippen LogP contribution < -0.4 is 0 Å². The Hall–Kier alpha value is -1.14. The summed E-state index contributed by atoms with van der Waals surface area (Å²) in [5.41, 5.74) is 0. The first-order valence-corrected chi connectivity index (χ1v) is 5.76. The SMILES string of the molecule is CCN(CCOC)C(=O)[C@@H]1CC[C@H](C(=O)O)O1. The second-order valence-electron chi connectivity index (χ2n) is 3.94. The molecular weight excluding hydrogens is 226 g/mol. The Morgan fingerprint density at radius 2 is 2.06 bits per heavy atom. The summed E-state index contributed by atoms with van der Waals surface area (Å²) in [6.07, 6.45) is -0.592. The fourth-order valence-corrected chi connectivity index (χ4v) is 1.83. The summed E-state index contributed by atoms with van der Waals surface area (Å²) in [5.74, 6) is -1.14. The molecule has 1 rings (SSSR count). The lowest BCUT2D eigenvalue weighted by Gasteiger charge is -2.23. The van der Waals surface area contributed by atoms with Crippen LogP contribution in [0.5, 0.6) is 0 Å². The minimum absolute atomic E-state index is 0.145. The largest absolute Gasteiger partial charge is 0.479 e. The number of likely N-dealkylation sites (N-methyl/N-ethyl adjacent to an activating group) is 1. The third-order valence-corrected chi connectivity index (χ3v) is 2.83. The smallest absolute Gasteiger partial charge is 0.332 e. The molecule has 1 fully saturated rings. The summed E-state index contributed by atoms with van der Waals surface area (Å²) in [6, 6.07) is 0. The van der Waals surface area contributed by atoms with Crippen LogP contribution in [0.4, 0.5) is 0 Å². The molecule has 0 spiro atoms. The van der Waals surface area contributed by atoms with E-state index < -0.39 is 18.2 Å². The van der Waals surface area contributed by atoms with Gasteiger partial charge in [-0.05, 0) is 19.8 Å². The first-order valence-electron chi connectivity index (χ1n) is 5.76. The number of aliphatic carboxylic acids is 1. The molecule has 2 atom stereocenters. The van der Waals surface area contributed by atoms with Crippen molar-refractivity contribution < 1.29 is 24.2 Å². The van der Waals surface area contributed by atoms with Gasteiger partial charge in [0.05, 0.1) is 6.61 Å². The molecule has 1 saturated heterocycles. The second-order valence-corrected chi connectivity index (χ2v) is 3.94. The van der Waals surface area contributed by atoms with Gasteiger partial charge in [-0.1, -0.05) is 0 Å². The average Bonchev–Trinajstić information content (AvgIpc) is 2.79. The van der Waals surface area contributed by atoms with Gasteiger partial charge in [-0.2, -0.15) is 0 Å². The van der Waals surface area contributed by atoms with Gasteiger partial charge in [0.1, 0.15) is 6.10 Å². The molecule has 0 aromatic carbocycles. The third-order valence-electron chi connectivity index (χ3n) is 2.83. The maximum atomic E-state index is 12.0. The minimum atomic E-state index is -1.000. The number of ether oxygens (including phenoxy) is 2. The molecule has 98 valence electrons. The number of hydrogen-bond acceptors (Lipinski definition) is 4. The lowest BCUT2D eigenvalue weighted by molar-refractivity contribution is -0.154. The van der Waals surface area contributed by atoms with E-state index in [-0.39, 0.29) is 5.91 Å². The molecule has 1 aliphatic heterocycles. The van der Waals surface area contributed by atoms with Crippen LogP contribution in [0.3, 0.4) is 0 Å². The van der Waals surface area contributed by atoms with Crippen LogP contribution in [0.25, 0.3) is 0 Å². The molecule has 0 saturated carbocycles. The maximum Gasteiger partial charge on any atom is 0.332 e. The molecule has 17 heavy (non-hydrogen) atoms. The van der Waals surface area contributed by atoms with Crippen molar-refractivity contribution in [2.75, 3.05) is 26.8 Å². The summed E-state index contributed by atoms with van der Waals surface area (Å²) in [6.45, 7) is 3.41. The first kappa shape index (κ1) is 13.9. The predicted octanol–water partition coefficient (Wildman–Crippen LogP) is 0.114. The van der Waals surface area contributed by atoms with Crippen LogP contribution >= 0.6 is 0 Å². The van der Waals surface area contributed by atoms with E-state index in [2.05, 4.69) is 0 Å². The highest BCUT2D eigenvalue weighted by Crippen LogP contribution is 2.21. The summed E-state index contributed by atoms with van der Waals surface area (Å²) >= 11 is 0. The van der Waals surface area contributed by atoms with Crippen LogP contribution in [0.1, 0.15) is 19.8 Å². The number of carboxylic acids is 1. The number of methoxy groups -OCH3 is 1. The van der Waals surface area contributed by atoms with Crippen LogP contribution in [-0.4, -0.2) is 60.9 Å². The number of amides is 1. The molecule has 1 aliphatic rings. The maximum absolute atomic E-state index is 12.0. The van der Waals surface area contributed by atoms with E-state index in [9.17, 15) is 9.59 Å². The molecule has 0 unspecified atom stereocenters. The highest BCUT2D eigenvalue weighted by Gasteiger charge is 2.36. The third kappa shape index (κ3) is 3.67. The first-order chi connectivity index (χ1) is 8.10. The molecule has 1 N–H and O–H groups in total. The number of carboxylic acid groups (broad SMARTS) is 1. The van der Waals surface area contributed by atoms with E-state index in [4.69, 9.17) is 14.6 Å². The zero-order chi connectivity index (χ0) is 12.8. The summed E-state index contributed by atoms with van der Waals surface area (Å²) < 4.78 is 10.1. The van der Waals surface area contributed by atoms with E-state index >= 15 is 0 Å². The molecular formula is C11H19NO5. The molecule has 1 amide bonds. The molecule has 6 nitrogen and oxygen atoms in total. The molecule has 1 heterocycles. The zero-order valence-corrected chi connectivity index (χ0v) is 10.2. The average molecular weight is 245 g/mol. The van der Waals surface area contributed by atoms with Gasteiger partial charge in [0.2, 0.25) is 0 Å². The topological polar surface area (TPSA) is 76.1 Å². The van der Waals surface area contributed by atoms with E-state index in [0.29, 0.717) is 32.5 Å². The van der Waals surface area contributed by atoms with Crippen molar-refractivity contribution >= 4 is 11.9 Å². The van der Waals surface area contributed by atoms with E-state index in [0.717, 1.165) is 0 Å². The Kier molecular flexibility index (Phi) is 5.37. The lowest BCUT2D eigenvalue weighted by atomic mass is 10.2. The molecule has 0 bridgehead atoms. The fraction of sp³-hybridized carbons (Fsp3) is 0.818. The molecule has 0 aromatic heterocycles. The van der Waals surface area contributed by atoms with Crippen molar-refractivity contribution in [3.63, 3.8) is 0 Å². The quantitative estimate of drug-likeness (QED) is 0.719. The number of carbonyl (C=O) groups excluding carboxylic acids is 1. The Balaban J connectivity index is 2.49. The number of nitrogens with zero attached hydrogens (tertiary/aromatic N) is 1. The van der Waals surface area contributed by atoms with Gasteiger partial charge in [0.15, 0.2) is 6.10 Å². The Bertz CT molecular complexity index is 281. The highest BCUT2D eigenvalue weighted by molar-refractivity contribution is 5.82. The van der Waals surface area contributed by atoms with Crippen molar-refractivity contribution in [2.45, 2.75) is 32.0 Å². The standard InChI is InChI=1S/C11H19NO5/c1-3-12(6-7-16-2)10(13)8-4-5-9(17-8)11(14)15/h8-9H,3-7H2,1-2H3,(H,14,15)/t8-,9+/m0/s1. The van der Waals surface area contributed by atoms with Gasteiger partial charge < -0.3 is 19.5 Å². The fourth-order valence-electron chi connectivity index (χ4n) is 1.83. The van der Waals surface area contributed by atoms with Crippen LogP contribution in [-0.2, 0) is 19.1 Å². The Morgan fingerprint density at radius 3 is 2.53 bits per heavy atom. The summed E-state index contributed by atoms with van der Waals surface area (Å²) in [7, 11) is 1.57. The van der Waals surface area contributed by atoms with Crippen LogP contribution in [0.2, 0.25) is 0 Å². The van der Waals surface area contributed by atoms with Gasteiger partial charge >= 0.3 is 5.97 Å². The van der Waals surface area contributed by atoms with Crippen molar-refractivity contribution in [3.8, 4) is 0 Å². The van der Waals surface area contributed by atoms with Gasteiger partial charge in [0, 0.05) is 20.2 Å². The molecule has 0 aromatic rings. The minimum Gasteiger partial charge on any atom is -0.479 e. The summed E-state index contributed by atoms with van der Waals surface area (Å²) in [4.78, 5) is 24.3. The van der Waals surface area contributed by atoms with Gasteiger partial charge in [-0.3, -0.25) is 4.79 Å². The number of rotatable bonds is 6. The normalized spacial score (nSPS) is 23.6. The Labute approximate surface area is 100 Å². The van der Waals surface area contributed by atoms with E-state index in [1.54, 1.807) is 12.0 Å². The molecule has 0 radical (unpaired) electrons.